The van der Waals surface area contributed by atoms with Gasteiger partial charge in [-0.25, -0.2) is 24.9 Å². The van der Waals surface area contributed by atoms with E-state index in [1.807, 2.05) is 0 Å². The molecule has 1 radical (unpaired) electrons. The van der Waals surface area contributed by atoms with Crippen LogP contribution in [-0.4, -0.2) is 42.6 Å². The van der Waals surface area contributed by atoms with Gasteiger partial charge in [-0.1, -0.05) is 7.43 Å². The Morgan fingerprint density at radius 2 is 1.32 bits per heavy atom. The largest absolute Gasteiger partial charge is 0.569 e. The van der Waals surface area contributed by atoms with Crippen LogP contribution in [0.3, 0.4) is 0 Å². The van der Waals surface area contributed by atoms with Crippen LogP contribution < -0.4 is 16.1 Å². The molecule has 0 atom stereocenters. The lowest BCUT2D eigenvalue weighted by molar-refractivity contribution is -0.142. The Bertz CT molecular complexity index is 1410. The second-order valence-corrected chi connectivity index (χ2v) is 7.84. The van der Waals surface area contributed by atoms with Gasteiger partial charge in [0, 0.05) is 24.2 Å². The fourth-order valence-corrected chi connectivity index (χ4v) is 2.98. The van der Waals surface area contributed by atoms with Crippen molar-refractivity contribution >= 4 is 30.9 Å². The minimum absolute atomic E-state index is 0. The molecule has 0 saturated heterocycles. The number of aryl methyl sites for hydroxylation is 2. The Kier molecular flexibility index (Phi) is 12.7. The van der Waals surface area contributed by atoms with E-state index in [2.05, 4.69) is 34.6 Å². The topological polar surface area (TPSA) is 159 Å². The molecule has 5 N–H and O–H groups in total. The molecule has 18 heteroatoms. The number of nitrogen functional groups attached to an aromatic ring is 2. The average molecular weight is 604 g/mol. The summed E-state index contributed by atoms with van der Waals surface area (Å²) < 4.78 is 78.7. The van der Waals surface area contributed by atoms with E-state index in [-0.39, 0.29) is 41.2 Å². The highest BCUT2D eigenvalue weighted by Gasteiger charge is 2.35. The Hall–Kier alpha value is -4.25. The van der Waals surface area contributed by atoms with Gasteiger partial charge in [-0.3, -0.25) is 4.98 Å². The van der Waals surface area contributed by atoms with Crippen molar-refractivity contribution < 1.29 is 36.0 Å². The first kappa shape index (κ1) is 34.8. The SMILES string of the molecule is C.Cc1cc(-c2nccc(N)n2)cnc1C(F)(F)F.Cc1cc(O[B]O)cnc1C(F)(F)F.Nc1ccnc(Cl)n1. The molecule has 4 rings (SSSR count). The van der Waals surface area contributed by atoms with E-state index in [0.29, 0.717) is 19.1 Å². The second-order valence-electron chi connectivity index (χ2n) is 7.50. The van der Waals surface area contributed by atoms with Crippen molar-refractivity contribution in [3.8, 4) is 17.1 Å². The lowest BCUT2D eigenvalue weighted by Crippen LogP contribution is -2.11. The Morgan fingerprint density at radius 3 is 1.73 bits per heavy atom. The predicted octanol–water partition coefficient (Wildman–Crippen LogP) is 5.11. The van der Waals surface area contributed by atoms with Crippen LogP contribution in [0.2, 0.25) is 5.28 Å². The highest BCUT2D eigenvalue weighted by atomic mass is 35.5. The molecule has 0 amide bonds. The van der Waals surface area contributed by atoms with Crippen molar-refractivity contribution in [1.29, 1.82) is 0 Å². The third-order valence-electron chi connectivity index (χ3n) is 4.44. The fraction of sp³-hybridized carbons (Fsp3) is 0.217. The van der Waals surface area contributed by atoms with Crippen LogP contribution in [0.1, 0.15) is 29.9 Å². The molecule has 0 bridgehead atoms. The number of rotatable bonds is 3. The maximum absolute atomic E-state index is 12.5. The smallest absolute Gasteiger partial charge is 0.536 e. The molecule has 10 nitrogen and oxygen atoms in total. The van der Waals surface area contributed by atoms with Gasteiger partial charge in [0.1, 0.15) is 28.8 Å². The Labute approximate surface area is 236 Å². The minimum Gasteiger partial charge on any atom is -0.536 e. The van der Waals surface area contributed by atoms with Gasteiger partial charge >= 0.3 is 20.0 Å². The van der Waals surface area contributed by atoms with Crippen LogP contribution >= 0.6 is 11.6 Å². The van der Waals surface area contributed by atoms with E-state index in [1.54, 1.807) is 6.07 Å². The summed E-state index contributed by atoms with van der Waals surface area (Å²) in [6.07, 6.45) is -4.01. The number of hydrogen-bond donors (Lipinski definition) is 3. The van der Waals surface area contributed by atoms with E-state index in [0.717, 1.165) is 18.5 Å². The highest BCUT2D eigenvalue weighted by Crippen LogP contribution is 2.32. The number of hydrogen-bond acceptors (Lipinski definition) is 10. The van der Waals surface area contributed by atoms with Gasteiger partial charge in [0.15, 0.2) is 5.82 Å². The zero-order chi connectivity index (χ0) is 30.1. The summed E-state index contributed by atoms with van der Waals surface area (Å²) in [5, 5.41) is 8.43. The summed E-state index contributed by atoms with van der Waals surface area (Å²) in [5.41, 5.74) is 9.20. The maximum atomic E-state index is 12.5. The first-order valence-electron chi connectivity index (χ1n) is 10.6. The molecule has 0 aliphatic heterocycles. The zero-order valence-electron chi connectivity index (χ0n) is 20.5. The van der Waals surface area contributed by atoms with E-state index in [9.17, 15) is 26.3 Å². The molecule has 219 valence electrons. The van der Waals surface area contributed by atoms with Gasteiger partial charge in [-0.15, -0.1) is 0 Å². The van der Waals surface area contributed by atoms with Crippen LogP contribution in [-0.2, 0) is 12.4 Å². The lowest BCUT2D eigenvalue weighted by Gasteiger charge is -2.09. The molecule has 4 aromatic rings. The number of anilines is 2. The van der Waals surface area contributed by atoms with Crippen molar-refractivity contribution in [2.45, 2.75) is 33.6 Å². The van der Waals surface area contributed by atoms with Gasteiger partial charge in [0.05, 0.1) is 6.20 Å². The molecule has 0 aliphatic carbocycles. The Morgan fingerprint density at radius 1 is 0.805 bits per heavy atom. The summed E-state index contributed by atoms with van der Waals surface area (Å²) >= 11 is 5.34. The van der Waals surface area contributed by atoms with E-state index in [4.69, 9.17) is 28.1 Å². The van der Waals surface area contributed by atoms with Crippen LogP contribution in [0.25, 0.3) is 11.4 Å². The molecule has 41 heavy (non-hydrogen) atoms. The van der Waals surface area contributed by atoms with Gasteiger partial charge in [0.25, 0.3) is 0 Å². The van der Waals surface area contributed by atoms with Gasteiger partial charge in [-0.2, -0.15) is 26.3 Å². The molecule has 4 heterocycles. The van der Waals surface area contributed by atoms with Gasteiger partial charge < -0.3 is 21.1 Å². The average Bonchev–Trinajstić information content (AvgIpc) is 2.83. The summed E-state index contributed by atoms with van der Waals surface area (Å²) in [7, 11) is 0.379. The van der Waals surface area contributed by atoms with Crippen molar-refractivity contribution in [3.63, 3.8) is 0 Å². The molecular weight excluding hydrogens is 581 g/mol. The number of halogens is 7. The van der Waals surface area contributed by atoms with Crippen LogP contribution in [0.5, 0.6) is 5.75 Å². The van der Waals surface area contributed by atoms with Crippen molar-refractivity contribution in [1.82, 2.24) is 29.9 Å². The first-order chi connectivity index (χ1) is 18.6. The number of aromatic nitrogens is 6. The molecule has 0 spiro atoms. The van der Waals surface area contributed by atoms with Crippen LogP contribution in [0.4, 0.5) is 38.0 Å². The highest BCUT2D eigenvalue weighted by molar-refractivity contribution is 6.28. The molecule has 0 unspecified atom stereocenters. The molecule has 0 aliphatic rings. The Balaban J connectivity index is 0.000000325. The van der Waals surface area contributed by atoms with E-state index >= 15 is 0 Å². The summed E-state index contributed by atoms with van der Waals surface area (Å²) in [4.78, 5) is 21.7. The molecule has 0 saturated carbocycles. The number of nitrogens with two attached hydrogens (primary N) is 2. The molecular formula is C23H23BClF6N8O2. The monoisotopic (exact) mass is 603 g/mol. The third-order valence-corrected chi connectivity index (χ3v) is 4.62. The van der Waals surface area contributed by atoms with Crippen LogP contribution in [0.15, 0.2) is 49.1 Å². The standard InChI is InChI=1S/C11H9F3N4.C7H6BF3NO2.C4H4ClN3.CH4/c1-6-4-7(5-17-9(6)11(12,13)14)10-16-3-2-8(15)18-10;1-4-2-5(14-8-13)3-12-6(4)7(9,10)11;5-4-7-2-1-3(6)8-4;/h2-5H,1H3,(H2,15,16,18);2-3,13H,1H3;1-2H,(H2,6,7,8);1H4. The van der Waals surface area contributed by atoms with Crippen molar-refractivity contribution in [3.05, 3.63) is 76.9 Å². The predicted molar refractivity (Wildman–Crippen MR) is 140 cm³/mol. The lowest BCUT2D eigenvalue weighted by atomic mass is 10.1. The molecule has 0 fully saturated rings. The summed E-state index contributed by atoms with van der Waals surface area (Å²) in [5.74, 6) is 0.944. The maximum Gasteiger partial charge on any atom is 0.569 e. The fourth-order valence-electron chi connectivity index (χ4n) is 2.82. The van der Waals surface area contributed by atoms with Crippen molar-refractivity contribution in [2.75, 3.05) is 11.5 Å². The number of nitrogens with zero attached hydrogens (tertiary/aromatic N) is 6. The summed E-state index contributed by atoms with van der Waals surface area (Å²) in [6.45, 7) is 2.60. The quantitative estimate of drug-likeness (QED) is 0.163. The third kappa shape index (κ3) is 11.0. The van der Waals surface area contributed by atoms with Crippen molar-refractivity contribution in [2.24, 2.45) is 0 Å². The zero-order valence-corrected chi connectivity index (χ0v) is 21.3. The number of alkyl halides is 6. The minimum atomic E-state index is -4.47. The molecule has 4 aromatic heterocycles. The van der Waals surface area contributed by atoms with Crippen LogP contribution in [0, 0.1) is 13.8 Å². The van der Waals surface area contributed by atoms with E-state index in [1.165, 1.54) is 38.4 Å². The second kappa shape index (κ2) is 14.9. The number of pyridine rings is 2. The normalized spacial score (nSPS) is 10.7. The van der Waals surface area contributed by atoms with Gasteiger partial charge in [-0.05, 0) is 60.8 Å². The summed E-state index contributed by atoms with van der Waals surface area (Å²) in [6, 6.07) is 5.55. The van der Waals surface area contributed by atoms with Gasteiger partial charge in [0.2, 0.25) is 5.28 Å². The van der Waals surface area contributed by atoms with E-state index < -0.39 is 23.7 Å². The molecule has 0 aromatic carbocycles. The first-order valence-corrected chi connectivity index (χ1v) is 11.0.